The fraction of sp³-hybridized carbons (Fsp3) is 0.308. The van der Waals surface area contributed by atoms with E-state index in [-0.39, 0.29) is 4.90 Å². The van der Waals surface area contributed by atoms with Crippen LogP contribution in [0, 0.1) is 5.82 Å². The SMILES string of the molecule is O=S(=O)(Nc1cn[nH]c1)c1cc(F)ccc1CNC1CC1. The second-order valence-electron chi connectivity index (χ2n) is 5.00. The van der Waals surface area contributed by atoms with Crippen LogP contribution >= 0.6 is 0 Å². The van der Waals surface area contributed by atoms with Crippen molar-refractivity contribution in [1.29, 1.82) is 0 Å². The average molecular weight is 310 g/mol. The molecule has 112 valence electrons. The maximum absolute atomic E-state index is 13.4. The lowest BCUT2D eigenvalue weighted by molar-refractivity contribution is 0.589. The Morgan fingerprint density at radius 2 is 2.19 bits per heavy atom. The summed E-state index contributed by atoms with van der Waals surface area (Å²) in [6.45, 7) is 0.395. The van der Waals surface area contributed by atoms with Crippen LogP contribution in [0.5, 0.6) is 0 Å². The monoisotopic (exact) mass is 310 g/mol. The molecule has 0 radical (unpaired) electrons. The van der Waals surface area contributed by atoms with Gasteiger partial charge in [0.05, 0.1) is 16.8 Å². The lowest BCUT2D eigenvalue weighted by atomic mass is 10.2. The van der Waals surface area contributed by atoms with Crippen LogP contribution in [0.25, 0.3) is 0 Å². The second-order valence-corrected chi connectivity index (χ2v) is 6.65. The molecule has 0 atom stereocenters. The van der Waals surface area contributed by atoms with Gasteiger partial charge in [-0.3, -0.25) is 9.82 Å². The zero-order valence-electron chi connectivity index (χ0n) is 11.1. The van der Waals surface area contributed by atoms with Crippen molar-refractivity contribution in [2.24, 2.45) is 0 Å². The topological polar surface area (TPSA) is 86.9 Å². The highest BCUT2D eigenvalue weighted by Gasteiger charge is 2.23. The quantitative estimate of drug-likeness (QED) is 0.756. The first kappa shape index (κ1) is 14.0. The molecule has 0 unspecified atom stereocenters. The Hall–Kier alpha value is -1.93. The number of nitrogens with one attached hydrogen (secondary N) is 3. The van der Waals surface area contributed by atoms with Crippen LogP contribution in [0.2, 0.25) is 0 Å². The fourth-order valence-electron chi connectivity index (χ4n) is 1.98. The molecule has 2 aromatic rings. The molecule has 1 aliphatic rings. The van der Waals surface area contributed by atoms with Crippen LogP contribution in [0.1, 0.15) is 18.4 Å². The molecule has 0 bridgehead atoms. The maximum Gasteiger partial charge on any atom is 0.262 e. The van der Waals surface area contributed by atoms with Gasteiger partial charge in [0, 0.05) is 18.8 Å². The van der Waals surface area contributed by atoms with Gasteiger partial charge in [0.25, 0.3) is 10.0 Å². The molecule has 1 saturated carbocycles. The minimum absolute atomic E-state index is 0.0585. The van der Waals surface area contributed by atoms with E-state index in [1.807, 2.05) is 0 Å². The number of rotatable bonds is 6. The highest BCUT2D eigenvalue weighted by Crippen LogP contribution is 2.23. The predicted octanol–water partition coefficient (Wildman–Crippen LogP) is 1.60. The third-order valence-electron chi connectivity index (χ3n) is 3.23. The molecule has 0 saturated heterocycles. The van der Waals surface area contributed by atoms with Gasteiger partial charge in [0.15, 0.2) is 0 Å². The standard InChI is InChI=1S/C13H15FN4O2S/c14-10-2-1-9(6-15-11-3-4-11)13(5-10)21(19,20)18-12-7-16-17-8-12/h1-2,5,7-8,11,15,18H,3-4,6H2,(H,16,17). The molecular weight excluding hydrogens is 295 g/mol. The Labute approximate surface area is 121 Å². The number of anilines is 1. The van der Waals surface area contributed by atoms with E-state index >= 15 is 0 Å². The molecule has 1 fully saturated rings. The smallest absolute Gasteiger partial charge is 0.262 e. The van der Waals surface area contributed by atoms with E-state index in [1.165, 1.54) is 24.5 Å². The minimum Gasteiger partial charge on any atom is -0.310 e. The highest BCUT2D eigenvalue weighted by molar-refractivity contribution is 7.92. The molecule has 1 aromatic heterocycles. The van der Waals surface area contributed by atoms with E-state index in [0.29, 0.717) is 23.8 Å². The van der Waals surface area contributed by atoms with E-state index in [4.69, 9.17) is 0 Å². The number of nitrogens with zero attached hydrogens (tertiary/aromatic N) is 1. The molecule has 1 aromatic carbocycles. The van der Waals surface area contributed by atoms with Crippen LogP contribution in [0.3, 0.4) is 0 Å². The molecule has 8 heteroatoms. The van der Waals surface area contributed by atoms with Crippen molar-refractivity contribution in [3.05, 3.63) is 42.0 Å². The van der Waals surface area contributed by atoms with Gasteiger partial charge in [-0.05, 0) is 30.5 Å². The third kappa shape index (κ3) is 3.40. The molecule has 1 aliphatic carbocycles. The summed E-state index contributed by atoms with van der Waals surface area (Å²) in [6, 6.07) is 4.23. The largest absolute Gasteiger partial charge is 0.310 e. The van der Waals surface area contributed by atoms with E-state index in [9.17, 15) is 12.8 Å². The summed E-state index contributed by atoms with van der Waals surface area (Å²) >= 11 is 0. The van der Waals surface area contributed by atoms with Gasteiger partial charge in [0.1, 0.15) is 5.82 Å². The van der Waals surface area contributed by atoms with Crippen LogP contribution in [-0.2, 0) is 16.6 Å². The first-order chi connectivity index (χ1) is 10.0. The normalized spacial score (nSPS) is 15.1. The average Bonchev–Trinajstić information content (AvgIpc) is 3.14. The number of aromatic amines is 1. The first-order valence-corrected chi connectivity index (χ1v) is 8.06. The van der Waals surface area contributed by atoms with E-state index in [1.54, 1.807) is 0 Å². The minimum atomic E-state index is -3.85. The van der Waals surface area contributed by atoms with Gasteiger partial charge in [-0.1, -0.05) is 6.07 Å². The number of H-pyrrole nitrogens is 1. The first-order valence-electron chi connectivity index (χ1n) is 6.58. The summed E-state index contributed by atoms with van der Waals surface area (Å²) in [5, 5.41) is 9.41. The van der Waals surface area contributed by atoms with Crippen LogP contribution < -0.4 is 10.0 Å². The van der Waals surface area contributed by atoms with Crippen LogP contribution in [0.15, 0.2) is 35.5 Å². The Kier molecular flexibility index (Phi) is 3.64. The van der Waals surface area contributed by atoms with Crippen molar-refractivity contribution in [2.45, 2.75) is 30.3 Å². The van der Waals surface area contributed by atoms with E-state index in [0.717, 1.165) is 18.9 Å². The Morgan fingerprint density at radius 1 is 1.38 bits per heavy atom. The number of aromatic nitrogens is 2. The number of halogens is 1. The number of benzene rings is 1. The molecule has 0 aliphatic heterocycles. The Balaban J connectivity index is 1.88. The molecule has 0 amide bonds. The molecule has 0 spiro atoms. The summed E-state index contributed by atoms with van der Waals surface area (Å²) in [4.78, 5) is -0.0585. The Bertz CT molecular complexity index is 727. The zero-order valence-corrected chi connectivity index (χ0v) is 12.0. The zero-order chi connectivity index (χ0) is 14.9. The number of sulfonamides is 1. The fourth-order valence-corrected chi connectivity index (χ4v) is 3.27. The second kappa shape index (κ2) is 5.45. The van der Waals surface area contributed by atoms with E-state index < -0.39 is 15.8 Å². The lowest BCUT2D eigenvalue weighted by Gasteiger charge is -2.12. The maximum atomic E-state index is 13.4. The van der Waals surface area contributed by atoms with Gasteiger partial charge >= 0.3 is 0 Å². The van der Waals surface area contributed by atoms with Crippen molar-refractivity contribution in [3.63, 3.8) is 0 Å². The molecule has 3 rings (SSSR count). The molecular formula is C13H15FN4O2S. The summed E-state index contributed by atoms with van der Waals surface area (Å²) < 4.78 is 40.6. The van der Waals surface area contributed by atoms with Gasteiger partial charge in [-0.15, -0.1) is 0 Å². The molecule has 3 N–H and O–H groups in total. The molecule has 1 heterocycles. The predicted molar refractivity (Wildman–Crippen MR) is 75.7 cm³/mol. The van der Waals surface area contributed by atoms with Crippen molar-refractivity contribution >= 4 is 15.7 Å². The molecule has 6 nitrogen and oxygen atoms in total. The van der Waals surface area contributed by atoms with Gasteiger partial charge in [0.2, 0.25) is 0 Å². The van der Waals surface area contributed by atoms with Gasteiger partial charge in [-0.25, -0.2) is 12.8 Å². The van der Waals surface area contributed by atoms with Crippen LogP contribution in [-0.4, -0.2) is 24.7 Å². The number of hydrogen-bond donors (Lipinski definition) is 3. The van der Waals surface area contributed by atoms with E-state index in [2.05, 4.69) is 20.2 Å². The third-order valence-corrected chi connectivity index (χ3v) is 4.69. The summed E-state index contributed by atoms with van der Waals surface area (Å²) in [6.07, 6.45) is 4.95. The van der Waals surface area contributed by atoms with Crippen molar-refractivity contribution in [3.8, 4) is 0 Å². The van der Waals surface area contributed by atoms with Gasteiger partial charge in [-0.2, -0.15) is 5.10 Å². The van der Waals surface area contributed by atoms with Crippen molar-refractivity contribution in [1.82, 2.24) is 15.5 Å². The van der Waals surface area contributed by atoms with Crippen molar-refractivity contribution < 1.29 is 12.8 Å². The Morgan fingerprint density at radius 3 is 2.86 bits per heavy atom. The van der Waals surface area contributed by atoms with Crippen molar-refractivity contribution in [2.75, 3.05) is 4.72 Å². The van der Waals surface area contributed by atoms with Gasteiger partial charge < -0.3 is 5.32 Å². The molecule has 21 heavy (non-hydrogen) atoms. The van der Waals surface area contributed by atoms with Crippen LogP contribution in [0.4, 0.5) is 10.1 Å². The lowest BCUT2D eigenvalue weighted by Crippen LogP contribution is -2.20. The number of hydrogen-bond acceptors (Lipinski definition) is 4. The summed E-state index contributed by atoms with van der Waals surface area (Å²) in [7, 11) is -3.85. The summed E-state index contributed by atoms with van der Waals surface area (Å²) in [5.41, 5.74) is 0.847. The summed E-state index contributed by atoms with van der Waals surface area (Å²) in [5.74, 6) is -0.585. The highest BCUT2D eigenvalue weighted by atomic mass is 32.2.